The van der Waals surface area contributed by atoms with E-state index in [1.54, 1.807) is 29.4 Å². The Bertz CT molecular complexity index is 814. The van der Waals surface area contributed by atoms with Crippen molar-refractivity contribution in [3.63, 3.8) is 0 Å². The lowest BCUT2D eigenvalue weighted by Gasteiger charge is -2.05. The number of nitrogens with zero attached hydrogens (tertiary/aromatic N) is 5. The molecule has 3 rings (SSSR count). The number of aromatic nitrogens is 5. The van der Waals surface area contributed by atoms with Crippen LogP contribution < -0.4 is 0 Å². The lowest BCUT2D eigenvalue weighted by atomic mass is 10.2. The molecule has 0 spiro atoms. The largest absolute Gasteiger partial charge is 0.417 e. The maximum absolute atomic E-state index is 12.7. The van der Waals surface area contributed by atoms with Crippen LogP contribution in [-0.4, -0.2) is 24.1 Å². The minimum atomic E-state index is -4.44. The summed E-state index contributed by atoms with van der Waals surface area (Å²) < 4.78 is 42.1. The molecule has 0 fully saturated rings. The van der Waals surface area contributed by atoms with Crippen molar-refractivity contribution >= 4 is 27.1 Å². The van der Waals surface area contributed by atoms with E-state index in [0.29, 0.717) is 21.9 Å². The SMILES string of the molecule is Cn1cc(-c2nc3cc(C(F)(F)F)cnc3n2C)nc1Br. The molecule has 0 aliphatic carbocycles. The Labute approximate surface area is 125 Å². The van der Waals surface area contributed by atoms with Gasteiger partial charge in [0.1, 0.15) is 11.2 Å². The third kappa shape index (κ3) is 2.31. The van der Waals surface area contributed by atoms with Gasteiger partial charge in [-0.3, -0.25) is 0 Å². The first-order valence-corrected chi connectivity index (χ1v) is 6.65. The van der Waals surface area contributed by atoms with Crippen molar-refractivity contribution in [2.24, 2.45) is 14.1 Å². The summed E-state index contributed by atoms with van der Waals surface area (Å²) in [5, 5.41) is 0. The molecule has 0 radical (unpaired) electrons. The Hall–Kier alpha value is -1.90. The fourth-order valence-electron chi connectivity index (χ4n) is 2.01. The van der Waals surface area contributed by atoms with E-state index in [9.17, 15) is 13.2 Å². The highest BCUT2D eigenvalue weighted by atomic mass is 79.9. The summed E-state index contributed by atoms with van der Waals surface area (Å²) in [6, 6.07) is 0.990. The van der Waals surface area contributed by atoms with Gasteiger partial charge in [0.05, 0.1) is 5.56 Å². The number of aryl methyl sites for hydroxylation is 2. The van der Waals surface area contributed by atoms with Gasteiger partial charge >= 0.3 is 6.18 Å². The van der Waals surface area contributed by atoms with E-state index in [4.69, 9.17) is 0 Å². The van der Waals surface area contributed by atoms with Crippen LogP contribution >= 0.6 is 15.9 Å². The van der Waals surface area contributed by atoms with E-state index >= 15 is 0 Å². The smallest absolute Gasteiger partial charge is 0.328 e. The third-order valence-electron chi connectivity index (χ3n) is 3.09. The summed E-state index contributed by atoms with van der Waals surface area (Å²) in [5.41, 5.74) is 0.296. The number of pyridine rings is 1. The minimum Gasteiger partial charge on any atom is -0.328 e. The Morgan fingerprint density at radius 2 is 1.90 bits per heavy atom. The molecule has 5 nitrogen and oxygen atoms in total. The van der Waals surface area contributed by atoms with Crippen LogP contribution in [0.4, 0.5) is 13.2 Å². The first-order valence-electron chi connectivity index (χ1n) is 5.86. The molecule has 0 aliphatic rings. The highest BCUT2D eigenvalue weighted by Crippen LogP contribution is 2.31. The molecule has 9 heteroatoms. The summed E-state index contributed by atoms with van der Waals surface area (Å²) >= 11 is 3.27. The molecule has 110 valence electrons. The van der Waals surface area contributed by atoms with Crippen LogP contribution in [-0.2, 0) is 20.3 Å². The topological polar surface area (TPSA) is 48.5 Å². The van der Waals surface area contributed by atoms with Crippen molar-refractivity contribution in [2.45, 2.75) is 6.18 Å². The molecule has 0 amide bonds. The summed E-state index contributed by atoms with van der Waals surface area (Å²) in [5.74, 6) is 0.457. The monoisotopic (exact) mass is 359 g/mol. The van der Waals surface area contributed by atoms with Crippen molar-refractivity contribution in [2.75, 3.05) is 0 Å². The van der Waals surface area contributed by atoms with Crippen molar-refractivity contribution in [1.29, 1.82) is 0 Å². The zero-order chi connectivity index (χ0) is 15.4. The Morgan fingerprint density at radius 1 is 1.19 bits per heavy atom. The molecule has 0 aliphatic heterocycles. The van der Waals surface area contributed by atoms with E-state index in [1.807, 2.05) is 0 Å². The predicted molar refractivity (Wildman–Crippen MR) is 73.4 cm³/mol. The minimum absolute atomic E-state index is 0.184. The van der Waals surface area contributed by atoms with Gasteiger partial charge in [-0.1, -0.05) is 0 Å². The summed E-state index contributed by atoms with van der Waals surface area (Å²) in [7, 11) is 3.48. The van der Waals surface area contributed by atoms with Gasteiger partial charge in [0, 0.05) is 26.5 Å². The van der Waals surface area contributed by atoms with E-state index < -0.39 is 11.7 Å². The number of fused-ring (bicyclic) bond motifs is 1. The molecule has 0 saturated heterocycles. The van der Waals surface area contributed by atoms with Crippen molar-refractivity contribution < 1.29 is 13.2 Å². The number of alkyl halides is 3. The van der Waals surface area contributed by atoms with Crippen LogP contribution in [0.2, 0.25) is 0 Å². The van der Waals surface area contributed by atoms with E-state index in [-0.39, 0.29) is 5.52 Å². The number of hydrogen-bond acceptors (Lipinski definition) is 3. The van der Waals surface area contributed by atoms with E-state index in [1.165, 1.54) is 0 Å². The van der Waals surface area contributed by atoms with Gasteiger partial charge in [0.15, 0.2) is 16.2 Å². The molecule has 0 bridgehead atoms. The number of halogens is 4. The van der Waals surface area contributed by atoms with Crippen LogP contribution in [0.1, 0.15) is 5.56 Å². The molecule has 0 atom stereocenters. The highest BCUT2D eigenvalue weighted by Gasteiger charge is 2.31. The molecule has 0 saturated carbocycles. The second-order valence-electron chi connectivity index (χ2n) is 4.56. The standard InChI is InChI=1S/C12H9BrF3N5/c1-20-5-8(19-11(20)13)10-18-7-3-6(12(14,15)16)4-17-9(7)21(10)2/h3-5H,1-2H3. The fourth-order valence-corrected chi connectivity index (χ4v) is 2.31. The number of hydrogen-bond donors (Lipinski definition) is 0. The van der Waals surface area contributed by atoms with Crippen LogP contribution in [0.5, 0.6) is 0 Å². The van der Waals surface area contributed by atoms with Gasteiger partial charge in [0.25, 0.3) is 0 Å². The predicted octanol–water partition coefficient (Wildman–Crippen LogP) is 3.15. The summed E-state index contributed by atoms with van der Waals surface area (Å²) in [4.78, 5) is 12.3. The van der Waals surface area contributed by atoms with Gasteiger partial charge in [-0.25, -0.2) is 15.0 Å². The molecule has 0 unspecified atom stereocenters. The highest BCUT2D eigenvalue weighted by molar-refractivity contribution is 9.10. The van der Waals surface area contributed by atoms with Gasteiger partial charge in [0.2, 0.25) is 0 Å². The normalized spacial score (nSPS) is 12.3. The summed E-state index contributed by atoms with van der Waals surface area (Å²) in [6.07, 6.45) is -1.90. The zero-order valence-corrected chi connectivity index (χ0v) is 12.6. The zero-order valence-electron chi connectivity index (χ0n) is 11.0. The molecular formula is C12H9BrF3N5. The van der Waals surface area contributed by atoms with Crippen LogP contribution in [0.15, 0.2) is 23.2 Å². The average molecular weight is 360 g/mol. The summed E-state index contributed by atoms with van der Waals surface area (Å²) in [6.45, 7) is 0. The van der Waals surface area contributed by atoms with Crippen LogP contribution in [0.25, 0.3) is 22.7 Å². The Kier molecular flexibility index (Phi) is 3.05. The van der Waals surface area contributed by atoms with Crippen LogP contribution in [0, 0.1) is 0 Å². The average Bonchev–Trinajstić information content (AvgIpc) is 2.90. The molecule has 0 N–H and O–H groups in total. The number of rotatable bonds is 1. The fraction of sp³-hybridized carbons (Fsp3) is 0.250. The Balaban J connectivity index is 2.19. The number of imidazole rings is 2. The van der Waals surface area contributed by atoms with E-state index in [0.717, 1.165) is 12.3 Å². The Morgan fingerprint density at radius 3 is 2.48 bits per heavy atom. The molecule has 3 aromatic rings. The third-order valence-corrected chi connectivity index (χ3v) is 3.82. The first-order chi connectivity index (χ1) is 9.77. The van der Waals surface area contributed by atoms with Gasteiger partial charge in [-0.2, -0.15) is 13.2 Å². The second-order valence-corrected chi connectivity index (χ2v) is 5.27. The first kappa shape index (κ1) is 14.1. The van der Waals surface area contributed by atoms with Crippen molar-refractivity contribution in [3.05, 3.63) is 28.8 Å². The molecule has 3 heterocycles. The lowest BCUT2D eigenvalue weighted by molar-refractivity contribution is -0.137. The maximum atomic E-state index is 12.7. The van der Waals surface area contributed by atoms with E-state index in [2.05, 4.69) is 30.9 Å². The van der Waals surface area contributed by atoms with Gasteiger partial charge in [-0.05, 0) is 22.0 Å². The van der Waals surface area contributed by atoms with Gasteiger partial charge in [-0.15, -0.1) is 0 Å². The molecule has 21 heavy (non-hydrogen) atoms. The molecular weight excluding hydrogens is 351 g/mol. The van der Waals surface area contributed by atoms with Gasteiger partial charge < -0.3 is 9.13 Å². The quantitative estimate of drug-likeness (QED) is 0.670. The van der Waals surface area contributed by atoms with Crippen molar-refractivity contribution in [3.8, 4) is 11.5 Å². The maximum Gasteiger partial charge on any atom is 0.417 e. The lowest BCUT2D eigenvalue weighted by Crippen LogP contribution is -2.05. The molecule has 0 aromatic carbocycles. The molecule has 3 aromatic heterocycles. The van der Waals surface area contributed by atoms with Crippen molar-refractivity contribution in [1.82, 2.24) is 24.1 Å². The van der Waals surface area contributed by atoms with Crippen LogP contribution in [0.3, 0.4) is 0 Å². The second kappa shape index (κ2) is 4.55.